The van der Waals surface area contributed by atoms with E-state index in [1.54, 1.807) is 11.3 Å². The molecule has 0 radical (unpaired) electrons. The van der Waals surface area contributed by atoms with Gasteiger partial charge in [0.25, 0.3) is 0 Å². The molecule has 0 amide bonds. The summed E-state index contributed by atoms with van der Waals surface area (Å²) in [6, 6.07) is 9.20. The molecule has 0 aliphatic rings. The van der Waals surface area contributed by atoms with Gasteiger partial charge in [0.15, 0.2) is 0 Å². The van der Waals surface area contributed by atoms with Crippen molar-refractivity contribution in [3.63, 3.8) is 0 Å². The van der Waals surface area contributed by atoms with Crippen LogP contribution in [0.25, 0.3) is 0 Å². The van der Waals surface area contributed by atoms with Crippen molar-refractivity contribution in [1.82, 2.24) is 5.32 Å². The smallest absolute Gasteiger partial charge is 0.0931 e. The molecule has 2 aromatic heterocycles. The summed E-state index contributed by atoms with van der Waals surface area (Å²) in [5.74, 6) is 0. The van der Waals surface area contributed by atoms with Crippen molar-refractivity contribution in [2.24, 2.45) is 0 Å². The molecule has 0 spiro atoms. The van der Waals surface area contributed by atoms with Gasteiger partial charge in [-0.15, -0.1) is 22.7 Å². The van der Waals surface area contributed by atoms with E-state index >= 15 is 0 Å². The maximum absolute atomic E-state index is 5.95. The van der Waals surface area contributed by atoms with Gasteiger partial charge in [-0.3, -0.25) is 0 Å². The molecule has 0 saturated carbocycles. The van der Waals surface area contributed by atoms with E-state index in [0.29, 0.717) is 12.1 Å². The average Bonchev–Trinajstić information content (AvgIpc) is 2.89. The Kier molecular flexibility index (Phi) is 4.62. The van der Waals surface area contributed by atoms with Crippen molar-refractivity contribution in [3.05, 3.63) is 43.7 Å². The summed E-state index contributed by atoms with van der Waals surface area (Å²) in [6.45, 7) is 4.42. The molecule has 2 atom stereocenters. The predicted molar refractivity (Wildman–Crippen MR) is 78.4 cm³/mol. The number of hydrogen-bond donors (Lipinski definition) is 1. The molecule has 92 valence electrons. The third-order valence-corrected chi connectivity index (χ3v) is 4.96. The highest BCUT2D eigenvalue weighted by Crippen LogP contribution is 2.27. The van der Waals surface area contributed by atoms with Crippen molar-refractivity contribution in [3.8, 4) is 0 Å². The fourth-order valence-corrected chi connectivity index (χ4v) is 3.77. The highest BCUT2D eigenvalue weighted by molar-refractivity contribution is 7.16. The molecular formula is C13H16ClNS2. The molecule has 2 heterocycles. The lowest BCUT2D eigenvalue weighted by Crippen LogP contribution is -2.30. The number of halogens is 1. The SMILES string of the molecule is CC(Cc1cccs1)NC(C)c1ccc(Cl)s1. The first-order valence-electron chi connectivity index (χ1n) is 5.69. The van der Waals surface area contributed by atoms with Crippen molar-refractivity contribution in [2.75, 3.05) is 0 Å². The summed E-state index contributed by atoms with van der Waals surface area (Å²) >= 11 is 9.42. The van der Waals surface area contributed by atoms with Crippen molar-refractivity contribution in [1.29, 1.82) is 0 Å². The number of nitrogens with one attached hydrogen (secondary N) is 1. The highest BCUT2D eigenvalue weighted by Gasteiger charge is 2.12. The third kappa shape index (κ3) is 3.81. The molecule has 0 saturated heterocycles. The first kappa shape index (κ1) is 13.1. The quantitative estimate of drug-likeness (QED) is 0.836. The summed E-state index contributed by atoms with van der Waals surface area (Å²) in [5.41, 5.74) is 0. The van der Waals surface area contributed by atoms with Crippen LogP contribution in [0.5, 0.6) is 0 Å². The molecule has 0 aliphatic heterocycles. The Morgan fingerprint density at radius 1 is 1.29 bits per heavy atom. The van der Waals surface area contributed by atoms with E-state index in [9.17, 15) is 0 Å². The van der Waals surface area contributed by atoms with Crippen LogP contribution in [0.4, 0.5) is 0 Å². The molecular weight excluding hydrogens is 270 g/mol. The van der Waals surface area contributed by atoms with Gasteiger partial charge < -0.3 is 5.32 Å². The maximum atomic E-state index is 5.95. The molecule has 0 fully saturated rings. The standard InChI is InChI=1S/C13H16ClNS2/c1-9(8-11-4-3-7-16-11)15-10(2)12-5-6-13(14)17-12/h3-7,9-10,15H,8H2,1-2H3. The number of hydrogen-bond acceptors (Lipinski definition) is 3. The summed E-state index contributed by atoms with van der Waals surface area (Å²) in [4.78, 5) is 2.73. The molecule has 2 unspecified atom stereocenters. The largest absolute Gasteiger partial charge is 0.307 e. The van der Waals surface area contributed by atoms with Crippen LogP contribution in [-0.4, -0.2) is 6.04 Å². The fraction of sp³-hybridized carbons (Fsp3) is 0.385. The van der Waals surface area contributed by atoms with Crippen LogP contribution in [0.15, 0.2) is 29.6 Å². The van der Waals surface area contributed by atoms with Gasteiger partial charge in [-0.25, -0.2) is 0 Å². The Balaban J connectivity index is 1.88. The minimum atomic E-state index is 0.363. The molecule has 1 nitrogen and oxygen atoms in total. The lowest BCUT2D eigenvalue weighted by Gasteiger charge is -2.18. The third-order valence-electron chi connectivity index (χ3n) is 2.64. The Hall–Kier alpha value is -0.350. The molecule has 2 rings (SSSR count). The summed E-state index contributed by atoms with van der Waals surface area (Å²) in [6.07, 6.45) is 1.08. The predicted octanol–water partition coefficient (Wildman–Crippen LogP) is 4.74. The zero-order valence-corrected chi connectivity index (χ0v) is 12.3. The van der Waals surface area contributed by atoms with Crippen LogP contribution in [-0.2, 0) is 6.42 Å². The van der Waals surface area contributed by atoms with E-state index in [4.69, 9.17) is 11.6 Å². The Labute approximate surface area is 115 Å². The van der Waals surface area contributed by atoms with Gasteiger partial charge in [-0.05, 0) is 43.8 Å². The fourth-order valence-electron chi connectivity index (χ4n) is 1.86. The van der Waals surface area contributed by atoms with Crippen molar-refractivity contribution in [2.45, 2.75) is 32.4 Å². The highest BCUT2D eigenvalue weighted by atomic mass is 35.5. The van der Waals surface area contributed by atoms with Gasteiger partial charge in [0, 0.05) is 21.8 Å². The second kappa shape index (κ2) is 6.01. The minimum Gasteiger partial charge on any atom is -0.307 e. The van der Waals surface area contributed by atoms with Gasteiger partial charge in [0.05, 0.1) is 4.34 Å². The molecule has 1 N–H and O–H groups in total. The van der Waals surface area contributed by atoms with Gasteiger partial charge in [0.1, 0.15) is 0 Å². The van der Waals surface area contributed by atoms with Crippen LogP contribution in [0.1, 0.15) is 29.6 Å². The van der Waals surface area contributed by atoms with Crippen LogP contribution >= 0.6 is 34.3 Å². The normalized spacial score (nSPS) is 14.8. The van der Waals surface area contributed by atoms with Gasteiger partial charge in [-0.1, -0.05) is 17.7 Å². The molecule has 2 aromatic rings. The van der Waals surface area contributed by atoms with Crippen molar-refractivity contribution < 1.29 is 0 Å². The lowest BCUT2D eigenvalue weighted by molar-refractivity contribution is 0.484. The first-order valence-corrected chi connectivity index (χ1v) is 7.76. The summed E-state index contributed by atoms with van der Waals surface area (Å²) in [5, 5.41) is 5.74. The van der Waals surface area contributed by atoms with Crippen molar-refractivity contribution >= 4 is 34.3 Å². The molecule has 0 aromatic carbocycles. The number of thiophene rings is 2. The zero-order valence-electron chi connectivity index (χ0n) is 9.94. The van der Waals surface area contributed by atoms with E-state index in [1.165, 1.54) is 9.75 Å². The van der Waals surface area contributed by atoms with Crippen LogP contribution < -0.4 is 5.32 Å². The van der Waals surface area contributed by atoms with E-state index < -0.39 is 0 Å². The Bertz CT molecular complexity index is 450. The van der Waals surface area contributed by atoms with E-state index in [2.05, 4.69) is 42.7 Å². The Morgan fingerprint density at radius 3 is 2.71 bits per heavy atom. The Morgan fingerprint density at radius 2 is 2.12 bits per heavy atom. The van der Waals surface area contributed by atoms with E-state index in [0.717, 1.165) is 10.8 Å². The second-order valence-electron chi connectivity index (χ2n) is 4.21. The first-order chi connectivity index (χ1) is 8.15. The second-order valence-corrected chi connectivity index (χ2v) is 6.99. The lowest BCUT2D eigenvalue weighted by atomic mass is 10.1. The van der Waals surface area contributed by atoms with E-state index in [1.807, 2.05) is 17.4 Å². The molecule has 4 heteroatoms. The number of rotatable bonds is 5. The zero-order chi connectivity index (χ0) is 12.3. The van der Waals surface area contributed by atoms with Gasteiger partial charge in [0.2, 0.25) is 0 Å². The van der Waals surface area contributed by atoms with Gasteiger partial charge in [-0.2, -0.15) is 0 Å². The molecule has 0 bridgehead atoms. The van der Waals surface area contributed by atoms with Crippen LogP contribution in [0.2, 0.25) is 4.34 Å². The van der Waals surface area contributed by atoms with Crippen LogP contribution in [0, 0.1) is 0 Å². The monoisotopic (exact) mass is 285 g/mol. The summed E-state index contributed by atoms with van der Waals surface area (Å²) < 4.78 is 0.861. The topological polar surface area (TPSA) is 12.0 Å². The summed E-state index contributed by atoms with van der Waals surface area (Å²) in [7, 11) is 0. The molecule has 17 heavy (non-hydrogen) atoms. The molecule has 0 aliphatic carbocycles. The average molecular weight is 286 g/mol. The van der Waals surface area contributed by atoms with Crippen LogP contribution in [0.3, 0.4) is 0 Å². The van der Waals surface area contributed by atoms with E-state index in [-0.39, 0.29) is 0 Å². The minimum absolute atomic E-state index is 0.363. The maximum Gasteiger partial charge on any atom is 0.0931 e. The van der Waals surface area contributed by atoms with Gasteiger partial charge >= 0.3 is 0 Å².